The molecule has 0 bridgehead atoms. The molecule has 1 amide bonds. The van der Waals surface area contributed by atoms with Crippen LogP contribution < -0.4 is 5.32 Å². The Bertz CT molecular complexity index is 513. The lowest BCUT2D eigenvalue weighted by Crippen LogP contribution is -2.34. The molecule has 5 nitrogen and oxygen atoms in total. The van der Waals surface area contributed by atoms with E-state index in [9.17, 15) is 15.0 Å². The van der Waals surface area contributed by atoms with Gasteiger partial charge in [0.2, 0.25) is 0 Å². The van der Waals surface area contributed by atoms with Crippen LogP contribution in [0.3, 0.4) is 0 Å². The Morgan fingerprint density at radius 2 is 2.00 bits per heavy atom. The number of benzene rings is 1. The van der Waals surface area contributed by atoms with Crippen LogP contribution in [0.2, 0.25) is 0 Å². The van der Waals surface area contributed by atoms with Crippen LogP contribution in [0.1, 0.15) is 44.4 Å². The maximum absolute atomic E-state index is 11.5. The highest BCUT2D eigenvalue weighted by Gasteiger charge is 2.21. The molecule has 0 radical (unpaired) electrons. The minimum absolute atomic E-state index is 0.219. The lowest BCUT2D eigenvalue weighted by molar-refractivity contribution is 0.0119. The van der Waals surface area contributed by atoms with Gasteiger partial charge in [-0.2, -0.15) is 0 Å². The summed E-state index contributed by atoms with van der Waals surface area (Å²) < 4.78 is 5.84. The van der Waals surface area contributed by atoms with E-state index in [0.717, 1.165) is 10.0 Å². The Morgan fingerprint density at radius 1 is 1.36 bits per heavy atom. The van der Waals surface area contributed by atoms with Crippen LogP contribution >= 0.6 is 15.9 Å². The smallest absolute Gasteiger partial charge is 0.407 e. The molecular formula is C16H24BrNO4. The third-order valence-electron chi connectivity index (χ3n) is 2.95. The Kier molecular flexibility index (Phi) is 6.84. The Labute approximate surface area is 139 Å². The fraction of sp³-hybridized carbons (Fsp3) is 0.562. The molecule has 1 rings (SSSR count). The second-order valence-electron chi connectivity index (χ2n) is 6.25. The SMILES string of the molecule is Cc1ccc(C(O)C(O)CCNC(=O)OC(C)(C)C)c(Br)c1. The van der Waals surface area contributed by atoms with E-state index in [2.05, 4.69) is 21.2 Å². The maximum Gasteiger partial charge on any atom is 0.407 e. The molecule has 0 fully saturated rings. The number of aryl methyl sites for hydroxylation is 1. The third-order valence-corrected chi connectivity index (χ3v) is 3.63. The predicted octanol–water partition coefficient (Wildman–Crippen LogP) is 3.07. The highest BCUT2D eigenvalue weighted by Crippen LogP contribution is 2.27. The lowest BCUT2D eigenvalue weighted by Gasteiger charge is -2.22. The van der Waals surface area contributed by atoms with Crippen molar-refractivity contribution in [3.63, 3.8) is 0 Å². The van der Waals surface area contributed by atoms with E-state index < -0.39 is 23.9 Å². The second-order valence-corrected chi connectivity index (χ2v) is 7.11. The van der Waals surface area contributed by atoms with E-state index in [1.807, 2.05) is 19.1 Å². The quantitative estimate of drug-likeness (QED) is 0.740. The molecule has 0 aromatic heterocycles. The average Bonchev–Trinajstić information content (AvgIpc) is 2.35. The number of rotatable bonds is 5. The number of nitrogens with one attached hydrogen (secondary N) is 1. The van der Waals surface area contributed by atoms with Crippen LogP contribution in [0.5, 0.6) is 0 Å². The summed E-state index contributed by atoms with van der Waals surface area (Å²) in [5.41, 5.74) is 1.12. The highest BCUT2D eigenvalue weighted by molar-refractivity contribution is 9.10. The maximum atomic E-state index is 11.5. The van der Waals surface area contributed by atoms with E-state index in [1.54, 1.807) is 26.8 Å². The molecule has 124 valence electrons. The standard InChI is InChI=1S/C16H24BrNO4/c1-10-5-6-11(12(17)9-10)14(20)13(19)7-8-18-15(21)22-16(2,3)4/h5-6,9,13-14,19-20H,7-8H2,1-4H3,(H,18,21). The Hall–Kier alpha value is -1.11. The molecule has 0 saturated heterocycles. The molecule has 2 atom stereocenters. The first-order valence-electron chi connectivity index (χ1n) is 7.19. The van der Waals surface area contributed by atoms with Gasteiger partial charge in [-0.3, -0.25) is 0 Å². The van der Waals surface area contributed by atoms with Gasteiger partial charge in [0.1, 0.15) is 11.7 Å². The third kappa shape index (κ3) is 6.34. The number of hydrogen-bond donors (Lipinski definition) is 3. The van der Waals surface area contributed by atoms with E-state index in [-0.39, 0.29) is 13.0 Å². The van der Waals surface area contributed by atoms with Crippen molar-refractivity contribution in [2.45, 2.75) is 51.9 Å². The summed E-state index contributed by atoms with van der Waals surface area (Å²) >= 11 is 3.38. The zero-order chi connectivity index (χ0) is 16.9. The topological polar surface area (TPSA) is 78.8 Å². The number of aliphatic hydroxyl groups is 2. The van der Waals surface area contributed by atoms with Crippen LogP contribution in [0.4, 0.5) is 4.79 Å². The largest absolute Gasteiger partial charge is 0.444 e. The summed E-state index contributed by atoms with van der Waals surface area (Å²) in [6, 6.07) is 5.52. The molecule has 1 aromatic carbocycles. The Balaban J connectivity index is 2.48. The van der Waals surface area contributed by atoms with E-state index in [1.165, 1.54) is 0 Å². The number of carbonyl (C=O) groups excluding carboxylic acids is 1. The molecule has 0 saturated carbocycles. The number of carbonyl (C=O) groups is 1. The fourth-order valence-electron chi connectivity index (χ4n) is 1.87. The van der Waals surface area contributed by atoms with Crippen LogP contribution in [0, 0.1) is 6.92 Å². The summed E-state index contributed by atoms with van der Waals surface area (Å²) in [5.74, 6) is 0. The number of aliphatic hydroxyl groups excluding tert-OH is 2. The first-order valence-corrected chi connectivity index (χ1v) is 7.98. The normalized spacial score (nSPS) is 14.3. The molecule has 2 unspecified atom stereocenters. The molecule has 0 aliphatic heterocycles. The highest BCUT2D eigenvalue weighted by atomic mass is 79.9. The number of amides is 1. The number of ether oxygens (including phenoxy) is 1. The molecule has 6 heteroatoms. The van der Waals surface area contributed by atoms with Gasteiger partial charge in [0.05, 0.1) is 6.10 Å². The van der Waals surface area contributed by atoms with Crippen molar-refractivity contribution in [3.05, 3.63) is 33.8 Å². The van der Waals surface area contributed by atoms with E-state index in [4.69, 9.17) is 4.74 Å². The summed E-state index contributed by atoms with van der Waals surface area (Å²) in [5, 5.41) is 22.8. The van der Waals surface area contributed by atoms with Gasteiger partial charge in [-0.15, -0.1) is 0 Å². The lowest BCUT2D eigenvalue weighted by atomic mass is 10.0. The molecular weight excluding hydrogens is 350 g/mol. The first kappa shape index (κ1) is 18.9. The molecule has 0 spiro atoms. The van der Waals surface area contributed by atoms with Gasteiger partial charge >= 0.3 is 6.09 Å². The van der Waals surface area contributed by atoms with Gasteiger partial charge in [-0.05, 0) is 51.3 Å². The number of alkyl carbamates (subject to hydrolysis) is 1. The van der Waals surface area contributed by atoms with Crippen molar-refractivity contribution in [2.24, 2.45) is 0 Å². The van der Waals surface area contributed by atoms with Gasteiger partial charge in [0.25, 0.3) is 0 Å². The van der Waals surface area contributed by atoms with Crippen molar-refractivity contribution in [1.29, 1.82) is 0 Å². The number of halogens is 1. The number of hydrogen-bond acceptors (Lipinski definition) is 4. The monoisotopic (exact) mass is 373 g/mol. The van der Waals surface area contributed by atoms with Crippen molar-refractivity contribution in [3.8, 4) is 0 Å². The molecule has 0 aliphatic rings. The zero-order valence-corrected chi connectivity index (χ0v) is 15.0. The van der Waals surface area contributed by atoms with E-state index in [0.29, 0.717) is 5.56 Å². The minimum atomic E-state index is -1.02. The van der Waals surface area contributed by atoms with Crippen LogP contribution in [0.15, 0.2) is 22.7 Å². The van der Waals surface area contributed by atoms with Gasteiger partial charge in [-0.25, -0.2) is 4.79 Å². The van der Waals surface area contributed by atoms with Gasteiger partial charge in [-0.1, -0.05) is 28.1 Å². The van der Waals surface area contributed by atoms with Crippen LogP contribution in [-0.2, 0) is 4.74 Å². The van der Waals surface area contributed by atoms with Gasteiger partial charge in [0, 0.05) is 11.0 Å². The van der Waals surface area contributed by atoms with E-state index >= 15 is 0 Å². The minimum Gasteiger partial charge on any atom is -0.444 e. The first-order chi connectivity index (χ1) is 10.1. The molecule has 1 aromatic rings. The second kappa shape index (κ2) is 7.94. The molecule has 0 heterocycles. The van der Waals surface area contributed by atoms with Crippen molar-refractivity contribution < 1.29 is 19.7 Å². The van der Waals surface area contributed by atoms with Gasteiger partial charge in [0.15, 0.2) is 0 Å². The zero-order valence-electron chi connectivity index (χ0n) is 13.4. The predicted molar refractivity (Wildman–Crippen MR) is 88.7 cm³/mol. The molecule has 3 N–H and O–H groups in total. The van der Waals surface area contributed by atoms with Crippen molar-refractivity contribution >= 4 is 22.0 Å². The van der Waals surface area contributed by atoms with Crippen molar-refractivity contribution in [1.82, 2.24) is 5.32 Å². The molecule has 0 aliphatic carbocycles. The average molecular weight is 374 g/mol. The van der Waals surface area contributed by atoms with Crippen molar-refractivity contribution in [2.75, 3.05) is 6.54 Å². The molecule has 22 heavy (non-hydrogen) atoms. The summed E-state index contributed by atoms with van der Waals surface area (Å²) in [6.45, 7) is 7.50. The summed E-state index contributed by atoms with van der Waals surface area (Å²) in [4.78, 5) is 11.5. The summed E-state index contributed by atoms with van der Waals surface area (Å²) in [7, 11) is 0. The summed E-state index contributed by atoms with van der Waals surface area (Å²) in [6.07, 6.45) is -2.31. The Morgan fingerprint density at radius 3 is 2.55 bits per heavy atom. The van der Waals surface area contributed by atoms with Crippen LogP contribution in [0.25, 0.3) is 0 Å². The van der Waals surface area contributed by atoms with Gasteiger partial charge < -0.3 is 20.3 Å². The van der Waals surface area contributed by atoms with Crippen LogP contribution in [-0.4, -0.2) is 34.6 Å². The fourth-order valence-corrected chi connectivity index (χ4v) is 2.60.